The molecule has 4 heterocycles. The molecular formula is C23H24N6O. The molecule has 0 aliphatic carbocycles. The maximum atomic E-state index is 13.0. The number of hydrogen-bond acceptors (Lipinski definition) is 6. The summed E-state index contributed by atoms with van der Waals surface area (Å²) in [4.78, 5) is 32.6. The lowest BCUT2D eigenvalue weighted by atomic mass is 10.0. The normalized spacial score (nSPS) is 16.6. The quantitative estimate of drug-likeness (QED) is 0.650. The minimum atomic E-state index is -0.144. The lowest BCUT2D eigenvalue weighted by Crippen LogP contribution is -2.38. The third-order valence-corrected chi connectivity index (χ3v) is 4.98. The fourth-order valence-corrected chi connectivity index (χ4v) is 3.57. The number of anilines is 2. The van der Waals surface area contributed by atoms with E-state index in [0.717, 1.165) is 36.3 Å². The van der Waals surface area contributed by atoms with Crippen molar-refractivity contribution in [1.82, 2.24) is 24.8 Å². The number of amides is 1. The van der Waals surface area contributed by atoms with Crippen molar-refractivity contribution in [2.45, 2.75) is 32.2 Å². The molecule has 1 fully saturated rings. The van der Waals surface area contributed by atoms with Gasteiger partial charge in [-0.1, -0.05) is 12.1 Å². The highest BCUT2D eigenvalue weighted by atomic mass is 16.2. The van der Waals surface area contributed by atoms with Crippen LogP contribution in [0.1, 0.15) is 42.4 Å². The van der Waals surface area contributed by atoms with Gasteiger partial charge < -0.3 is 10.2 Å². The first-order chi connectivity index (χ1) is 14.7. The Morgan fingerprint density at radius 3 is 2.87 bits per heavy atom. The Morgan fingerprint density at radius 2 is 2.07 bits per heavy atom. The molecule has 4 rings (SSSR count). The highest BCUT2D eigenvalue weighted by molar-refractivity contribution is 5.92. The molecule has 1 saturated heterocycles. The predicted octanol–water partition coefficient (Wildman–Crippen LogP) is 4.09. The number of pyridine rings is 2. The van der Waals surface area contributed by atoms with Crippen molar-refractivity contribution >= 4 is 23.6 Å². The average molecular weight is 400 g/mol. The lowest BCUT2D eigenvalue weighted by molar-refractivity contribution is -0.129. The average Bonchev–Trinajstić information content (AvgIpc) is 2.78. The first-order valence-electron chi connectivity index (χ1n) is 10.1. The van der Waals surface area contributed by atoms with E-state index in [4.69, 9.17) is 4.98 Å². The Balaban J connectivity index is 1.56. The van der Waals surface area contributed by atoms with Gasteiger partial charge in [0, 0.05) is 43.0 Å². The molecule has 1 aliphatic heterocycles. The molecule has 1 N–H and O–H groups in total. The van der Waals surface area contributed by atoms with Crippen LogP contribution in [0.15, 0.2) is 61.1 Å². The Kier molecular flexibility index (Phi) is 6.08. The molecule has 0 saturated carbocycles. The number of likely N-dealkylation sites (tertiary alicyclic amines) is 1. The number of carbonyl (C=O) groups excluding carboxylic acids is 1. The van der Waals surface area contributed by atoms with E-state index in [2.05, 4.69) is 20.3 Å². The minimum Gasteiger partial charge on any atom is -0.329 e. The van der Waals surface area contributed by atoms with Crippen molar-refractivity contribution in [3.05, 3.63) is 78.1 Å². The molecule has 7 heteroatoms. The van der Waals surface area contributed by atoms with Gasteiger partial charge in [-0.25, -0.2) is 15.0 Å². The summed E-state index contributed by atoms with van der Waals surface area (Å²) in [6.07, 6.45) is 11.5. The van der Waals surface area contributed by atoms with Gasteiger partial charge in [0.25, 0.3) is 0 Å². The van der Waals surface area contributed by atoms with Crippen LogP contribution in [-0.2, 0) is 4.79 Å². The van der Waals surface area contributed by atoms with Gasteiger partial charge in [0.1, 0.15) is 11.6 Å². The summed E-state index contributed by atoms with van der Waals surface area (Å²) in [6, 6.07) is 11.2. The number of piperidine rings is 1. The molecule has 30 heavy (non-hydrogen) atoms. The van der Waals surface area contributed by atoms with Crippen molar-refractivity contribution < 1.29 is 4.79 Å². The smallest absolute Gasteiger partial charge is 0.247 e. The van der Waals surface area contributed by atoms with E-state index >= 15 is 0 Å². The molecule has 1 aliphatic rings. The zero-order valence-corrected chi connectivity index (χ0v) is 16.9. The number of aryl methyl sites for hydroxylation is 1. The molecular weight excluding hydrogens is 376 g/mol. The molecule has 152 valence electrons. The summed E-state index contributed by atoms with van der Waals surface area (Å²) >= 11 is 0. The van der Waals surface area contributed by atoms with Crippen molar-refractivity contribution in [3.8, 4) is 0 Å². The monoisotopic (exact) mass is 400 g/mol. The number of rotatable bonds is 5. The van der Waals surface area contributed by atoms with E-state index in [1.807, 2.05) is 48.2 Å². The number of nitrogens with zero attached hydrogens (tertiary/aromatic N) is 5. The topological polar surface area (TPSA) is 83.9 Å². The van der Waals surface area contributed by atoms with Gasteiger partial charge in [-0.2, -0.15) is 0 Å². The molecule has 7 nitrogen and oxygen atoms in total. The zero-order chi connectivity index (χ0) is 20.8. The number of hydrogen-bond donors (Lipinski definition) is 1. The Morgan fingerprint density at radius 1 is 1.13 bits per heavy atom. The van der Waals surface area contributed by atoms with Gasteiger partial charge in [0.05, 0.1) is 6.04 Å². The highest BCUT2D eigenvalue weighted by Gasteiger charge is 2.29. The molecule has 0 spiro atoms. The van der Waals surface area contributed by atoms with E-state index in [1.54, 1.807) is 30.7 Å². The van der Waals surface area contributed by atoms with Crippen molar-refractivity contribution in [3.63, 3.8) is 0 Å². The molecule has 1 atom stereocenters. The lowest BCUT2D eigenvalue weighted by Gasteiger charge is -2.34. The third-order valence-electron chi connectivity index (χ3n) is 4.98. The predicted molar refractivity (Wildman–Crippen MR) is 116 cm³/mol. The third kappa shape index (κ3) is 4.86. The maximum Gasteiger partial charge on any atom is 0.247 e. The second kappa shape index (κ2) is 9.26. The molecule has 1 amide bonds. The Hall–Kier alpha value is -3.61. The summed E-state index contributed by atoms with van der Waals surface area (Å²) in [6.45, 7) is 2.63. The SMILES string of the molecule is Cc1cc(Nc2ccccn2)nc([C@@H]2CCCCN2C(=O)/C=C/c2cccnc2)n1. The number of aromatic nitrogens is 4. The molecule has 0 aromatic carbocycles. The molecule has 3 aromatic rings. The molecule has 0 unspecified atom stereocenters. The zero-order valence-electron chi connectivity index (χ0n) is 16.9. The van der Waals surface area contributed by atoms with Crippen LogP contribution >= 0.6 is 0 Å². The van der Waals surface area contributed by atoms with Crippen molar-refractivity contribution in [2.75, 3.05) is 11.9 Å². The first-order valence-corrected chi connectivity index (χ1v) is 10.1. The summed E-state index contributed by atoms with van der Waals surface area (Å²) in [5.74, 6) is 2.03. The van der Waals surface area contributed by atoms with Crippen LogP contribution in [0, 0.1) is 6.92 Å². The summed E-state index contributed by atoms with van der Waals surface area (Å²) in [5.41, 5.74) is 1.75. The van der Waals surface area contributed by atoms with E-state index in [1.165, 1.54) is 0 Å². The Labute approximate surface area is 175 Å². The highest BCUT2D eigenvalue weighted by Crippen LogP contribution is 2.30. The number of carbonyl (C=O) groups is 1. The number of nitrogens with one attached hydrogen (secondary N) is 1. The summed E-state index contributed by atoms with van der Waals surface area (Å²) < 4.78 is 0. The second-order valence-electron chi connectivity index (χ2n) is 7.26. The molecule has 0 bridgehead atoms. The van der Waals surface area contributed by atoms with Crippen LogP contribution in [0.25, 0.3) is 6.08 Å². The van der Waals surface area contributed by atoms with E-state index in [-0.39, 0.29) is 11.9 Å². The van der Waals surface area contributed by atoms with Gasteiger partial charge in [0.15, 0.2) is 5.82 Å². The van der Waals surface area contributed by atoms with Gasteiger partial charge in [0.2, 0.25) is 5.91 Å². The molecule has 3 aromatic heterocycles. The van der Waals surface area contributed by atoms with E-state index in [9.17, 15) is 4.79 Å². The van der Waals surface area contributed by atoms with Crippen molar-refractivity contribution in [2.24, 2.45) is 0 Å². The van der Waals surface area contributed by atoms with Crippen LogP contribution in [0.5, 0.6) is 0 Å². The largest absolute Gasteiger partial charge is 0.329 e. The standard InChI is InChI=1S/C23H24N6O/c1-17-15-21(27-20-9-2-4-13-25-20)28-23(26-17)19-8-3-5-14-29(19)22(30)11-10-18-7-6-12-24-16-18/h2,4,6-7,9-13,15-16,19H,3,5,8,14H2,1H3,(H,25,26,27,28)/b11-10+/t19-/m0/s1. The summed E-state index contributed by atoms with van der Waals surface area (Å²) in [5, 5.41) is 3.23. The molecule has 0 radical (unpaired) electrons. The van der Waals surface area contributed by atoms with Crippen LogP contribution in [0.4, 0.5) is 11.6 Å². The first kappa shape index (κ1) is 19.7. The van der Waals surface area contributed by atoms with Crippen LogP contribution < -0.4 is 5.32 Å². The minimum absolute atomic E-state index is 0.0344. The van der Waals surface area contributed by atoms with Crippen molar-refractivity contribution in [1.29, 1.82) is 0 Å². The van der Waals surface area contributed by atoms with E-state index < -0.39 is 0 Å². The van der Waals surface area contributed by atoms with Crippen LogP contribution in [-0.4, -0.2) is 37.3 Å². The Bertz CT molecular complexity index is 1020. The van der Waals surface area contributed by atoms with Crippen LogP contribution in [0.3, 0.4) is 0 Å². The van der Waals surface area contributed by atoms with Gasteiger partial charge in [-0.15, -0.1) is 0 Å². The fraction of sp³-hybridized carbons (Fsp3) is 0.261. The van der Waals surface area contributed by atoms with Gasteiger partial charge in [-0.3, -0.25) is 9.78 Å². The van der Waals surface area contributed by atoms with E-state index in [0.29, 0.717) is 18.2 Å². The fourth-order valence-electron chi connectivity index (χ4n) is 3.57. The maximum absolute atomic E-state index is 13.0. The van der Waals surface area contributed by atoms with Crippen LogP contribution in [0.2, 0.25) is 0 Å². The summed E-state index contributed by atoms with van der Waals surface area (Å²) in [7, 11) is 0. The van der Waals surface area contributed by atoms with Gasteiger partial charge >= 0.3 is 0 Å². The second-order valence-corrected chi connectivity index (χ2v) is 7.26. The van der Waals surface area contributed by atoms with Gasteiger partial charge in [-0.05, 0) is 56.0 Å².